The molecule has 0 saturated carbocycles. The van der Waals surface area contributed by atoms with E-state index in [9.17, 15) is 4.79 Å². The number of hydrogen-bond acceptors (Lipinski definition) is 7. The van der Waals surface area contributed by atoms with Crippen LogP contribution in [-0.4, -0.2) is 30.6 Å². The third kappa shape index (κ3) is 2.92. The highest BCUT2D eigenvalue weighted by Gasteiger charge is 2.16. The zero-order valence-electron chi connectivity index (χ0n) is 13.0. The number of carbonyl (C=O) groups is 1. The van der Waals surface area contributed by atoms with Crippen molar-refractivity contribution < 1.29 is 4.79 Å². The predicted molar refractivity (Wildman–Crippen MR) is 95.1 cm³/mol. The number of carbonyl (C=O) groups excluding carboxylic acids is 1. The Bertz CT molecular complexity index is 1070. The molecule has 1 aromatic carbocycles. The summed E-state index contributed by atoms with van der Waals surface area (Å²) in [6, 6.07) is 11.2. The van der Waals surface area contributed by atoms with Crippen LogP contribution in [0.2, 0.25) is 0 Å². The van der Waals surface area contributed by atoms with E-state index in [0.29, 0.717) is 22.6 Å². The molecule has 9 heteroatoms. The second-order valence-corrected chi connectivity index (χ2v) is 6.39. The Hall–Kier alpha value is -3.33. The molecule has 25 heavy (non-hydrogen) atoms. The van der Waals surface area contributed by atoms with E-state index < -0.39 is 5.91 Å². The van der Waals surface area contributed by atoms with Crippen LogP contribution in [-0.2, 0) is 11.2 Å². The van der Waals surface area contributed by atoms with Gasteiger partial charge in [0, 0.05) is 11.8 Å². The van der Waals surface area contributed by atoms with Crippen molar-refractivity contribution >= 4 is 32.6 Å². The van der Waals surface area contributed by atoms with E-state index >= 15 is 0 Å². The number of nitrogen functional groups attached to an aromatic ring is 1. The number of nitrogens with zero attached hydrogens (tertiary/aromatic N) is 5. The monoisotopic (exact) mass is 351 g/mol. The van der Waals surface area contributed by atoms with Crippen LogP contribution in [0.25, 0.3) is 27.4 Å². The molecule has 0 bridgehead atoms. The van der Waals surface area contributed by atoms with Gasteiger partial charge in [0.1, 0.15) is 0 Å². The van der Waals surface area contributed by atoms with Crippen LogP contribution in [0.1, 0.15) is 5.82 Å². The number of thiazole rings is 1. The summed E-state index contributed by atoms with van der Waals surface area (Å²) in [6.07, 6.45) is 1.62. The van der Waals surface area contributed by atoms with Gasteiger partial charge in [-0.1, -0.05) is 17.4 Å². The number of anilines is 1. The Morgan fingerprint density at radius 2 is 2.08 bits per heavy atom. The maximum absolute atomic E-state index is 11.2. The summed E-state index contributed by atoms with van der Waals surface area (Å²) in [5.74, 6) is 1.00. The number of aromatic nitrogens is 5. The Morgan fingerprint density at radius 1 is 1.20 bits per heavy atom. The molecule has 0 unspecified atom stereocenters. The molecule has 0 saturated heterocycles. The van der Waals surface area contributed by atoms with Gasteiger partial charge in [0.2, 0.25) is 5.91 Å². The highest BCUT2D eigenvalue weighted by molar-refractivity contribution is 7.22. The van der Waals surface area contributed by atoms with Gasteiger partial charge in [0.15, 0.2) is 22.6 Å². The van der Waals surface area contributed by atoms with Crippen molar-refractivity contribution in [3.05, 3.63) is 48.4 Å². The van der Waals surface area contributed by atoms with Crippen LogP contribution in [0.3, 0.4) is 0 Å². The van der Waals surface area contributed by atoms with E-state index in [0.717, 1.165) is 15.8 Å². The quantitative estimate of drug-likeness (QED) is 0.574. The number of amides is 1. The minimum Gasteiger partial charge on any atom is -0.375 e. The molecule has 0 aliphatic rings. The lowest BCUT2D eigenvalue weighted by atomic mass is 10.2. The van der Waals surface area contributed by atoms with E-state index in [1.807, 2.05) is 36.4 Å². The average Bonchev–Trinajstić information content (AvgIpc) is 3.16. The van der Waals surface area contributed by atoms with Gasteiger partial charge in [-0.05, 0) is 30.3 Å². The van der Waals surface area contributed by atoms with Gasteiger partial charge in [-0.2, -0.15) is 4.68 Å². The van der Waals surface area contributed by atoms with E-state index in [2.05, 4.69) is 20.1 Å². The highest BCUT2D eigenvalue weighted by atomic mass is 32.1. The lowest BCUT2D eigenvalue weighted by Crippen LogP contribution is -2.14. The van der Waals surface area contributed by atoms with Crippen LogP contribution in [0, 0.1) is 0 Å². The average molecular weight is 351 g/mol. The normalized spacial score (nSPS) is 11.0. The topological polar surface area (TPSA) is 126 Å². The minimum absolute atomic E-state index is 0.0429. The zero-order chi connectivity index (χ0) is 17.4. The Kier molecular flexibility index (Phi) is 3.62. The van der Waals surface area contributed by atoms with Crippen molar-refractivity contribution in [1.82, 2.24) is 24.7 Å². The van der Waals surface area contributed by atoms with Crippen molar-refractivity contribution in [3.8, 4) is 17.2 Å². The molecule has 0 aliphatic carbocycles. The standard InChI is InChI=1S/C16H13N7OS/c17-12(24)8-13-21-15(23(22-13)14-3-1-2-6-19-14)9-4-5-11-10(7-9)20-16(18)25-11/h1-7H,8H2,(H2,17,24)(H2,18,20). The van der Waals surface area contributed by atoms with Gasteiger partial charge in [-0.3, -0.25) is 4.79 Å². The largest absolute Gasteiger partial charge is 0.375 e. The van der Waals surface area contributed by atoms with Crippen molar-refractivity contribution in [2.75, 3.05) is 5.73 Å². The lowest BCUT2D eigenvalue weighted by molar-refractivity contribution is -0.117. The number of fused-ring (bicyclic) bond motifs is 1. The number of rotatable bonds is 4. The van der Waals surface area contributed by atoms with Crippen LogP contribution in [0.15, 0.2) is 42.6 Å². The third-order valence-electron chi connectivity index (χ3n) is 3.51. The maximum atomic E-state index is 11.2. The summed E-state index contributed by atoms with van der Waals surface area (Å²) in [7, 11) is 0. The molecule has 3 heterocycles. The number of hydrogen-bond donors (Lipinski definition) is 2. The molecule has 3 aromatic heterocycles. The Balaban J connectivity index is 1.88. The molecule has 0 spiro atoms. The second-order valence-electron chi connectivity index (χ2n) is 5.33. The van der Waals surface area contributed by atoms with Gasteiger partial charge in [0.05, 0.1) is 16.6 Å². The van der Waals surface area contributed by atoms with Gasteiger partial charge < -0.3 is 11.5 Å². The first-order chi connectivity index (χ1) is 12.1. The second kappa shape index (κ2) is 5.95. The molecule has 4 N–H and O–H groups in total. The maximum Gasteiger partial charge on any atom is 0.225 e. The summed E-state index contributed by atoms with van der Waals surface area (Å²) >= 11 is 1.42. The molecule has 4 aromatic rings. The molecule has 124 valence electrons. The number of primary amides is 1. The number of benzene rings is 1. The molecular weight excluding hydrogens is 338 g/mol. The SMILES string of the molecule is NC(=O)Cc1nc(-c2ccc3sc(N)nc3c2)n(-c2ccccn2)n1. The van der Waals surface area contributed by atoms with E-state index in [4.69, 9.17) is 11.5 Å². The van der Waals surface area contributed by atoms with Crippen molar-refractivity contribution in [3.63, 3.8) is 0 Å². The van der Waals surface area contributed by atoms with Crippen LogP contribution in [0.4, 0.5) is 5.13 Å². The summed E-state index contributed by atoms with van der Waals surface area (Å²) in [5.41, 5.74) is 12.6. The minimum atomic E-state index is -0.493. The summed E-state index contributed by atoms with van der Waals surface area (Å²) < 4.78 is 2.58. The van der Waals surface area contributed by atoms with Gasteiger partial charge in [0.25, 0.3) is 0 Å². The summed E-state index contributed by atoms with van der Waals surface area (Å²) in [6.45, 7) is 0. The highest BCUT2D eigenvalue weighted by Crippen LogP contribution is 2.29. The van der Waals surface area contributed by atoms with Gasteiger partial charge >= 0.3 is 0 Å². The van der Waals surface area contributed by atoms with E-state index in [1.165, 1.54) is 11.3 Å². The van der Waals surface area contributed by atoms with Crippen molar-refractivity contribution in [1.29, 1.82) is 0 Å². The van der Waals surface area contributed by atoms with Crippen LogP contribution < -0.4 is 11.5 Å². The summed E-state index contributed by atoms with van der Waals surface area (Å²) in [5, 5.41) is 4.89. The lowest BCUT2D eigenvalue weighted by Gasteiger charge is -2.04. The van der Waals surface area contributed by atoms with Crippen LogP contribution in [0.5, 0.6) is 0 Å². The fourth-order valence-corrected chi connectivity index (χ4v) is 3.21. The fourth-order valence-electron chi connectivity index (χ4n) is 2.50. The molecule has 8 nitrogen and oxygen atoms in total. The Labute approximate surface area is 146 Å². The summed E-state index contributed by atoms with van der Waals surface area (Å²) in [4.78, 5) is 24.3. The molecule has 4 rings (SSSR count). The third-order valence-corrected chi connectivity index (χ3v) is 4.38. The molecule has 1 amide bonds. The molecule has 0 atom stereocenters. The predicted octanol–water partition coefficient (Wildman–Crippen LogP) is 1.55. The fraction of sp³-hybridized carbons (Fsp3) is 0.0625. The first-order valence-electron chi connectivity index (χ1n) is 7.42. The van der Waals surface area contributed by atoms with Gasteiger partial charge in [-0.15, -0.1) is 5.10 Å². The van der Waals surface area contributed by atoms with E-state index in [-0.39, 0.29) is 6.42 Å². The number of pyridine rings is 1. The van der Waals surface area contributed by atoms with Crippen molar-refractivity contribution in [2.45, 2.75) is 6.42 Å². The molecule has 0 aliphatic heterocycles. The van der Waals surface area contributed by atoms with Crippen molar-refractivity contribution in [2.24, 2.45) is 5.73 Å². The van der Waals surface area contributed by atoms with E-state index in [1.54, 1.807) is 10.9 Å². The molecular formula is C16H13N7OS. The first-order valence-corrected chi connectivity index (χ1v) is 8.24. The zero-order valence-corrected chi connectivity index (χ0v) is 13.8. The Morgan fingerprint density at radius 3 is 2.84 bits per heavy atom. The molecule has 0 radical (unpaired) electrons. The van der Waals surface area contributed by atoms with Crippen LogP contribution >= 0.6 is 11.3 Å². The first kappa shape index (κ1) is 15.2. The van der Waals surface area contributed by atoms with Gasteiger partial charge in [-0.25, -0.2) is 15.0 Å². The smallest absolute Gasteiger partial charge is 0.225 e. The number of nitrogens with two attached hydrogens (primary N) is 2. The molecule has 0 fully saturated rings.